The highest BCUT2D eigenvalue weighted by molar-refractivity contribution is 5.79. The Hall–Kier alpha value is -1.63. The van der Waals surface area contributed by atoms with Crippen molar-refractivity contribution in [2.75, 3.05) is 20.8 Å². The standard InChI is InChI=1S/C13H24N6O/c1-9-17-18-12(19(9)3)7-15-13(14-2)16-11(8-20-4)10-5-6-10/h10-11H,5-8H2,1-4H3,(H2,14,15,16). The minimum atomic E-state index is 0.326. The summed E-state index contributed by atoms with van der Waals surface area (Å²) in [6.07, 6.45) is 2.53. The molecule has 1 aliphatic rings. The second-order valence-electron chi connectivity index (χ2n) is 5.19. The van der Waals surface area contributed by atoms with Gasteiger partial charge in [0.15, 0.2) is 11.8 Å². The Morgan fingerprint density at radius 1 is 1.50 bits per heavy atom. The van der Waals surface area contributed by atoms with Gasteiger partial charge in [0.25, 0.3) is 0 Å². The highest BCUT2D eigenvalue weighted by Gasteiger charge is 2.31. The quantitative estimate of drug-likeness (QED) is 0.575. The van der Waals surface area contributed by atoms with E-state index >= 15 is 0 Å². The highest BCUT2D eigenvalue weighted by Crippen LogP contribution is 2.32. The van der Waals surface area contributed by atoms with Gasteiger partial charge in [-0.1, -0.05) is 0 Å². The molecule has 1 saturated carbocycles. The maximum atomic E-state index is 5.26. The normalized spacial score (nSPS) is 17.1. The van der Waals surface area contributed by atoms with Crippen LogP contribution in [0, 0.1) is 12.8 Å². The molecule has 1 heterocycles. The van der Waals surface area contributed by atoms with Crippen molar-refractivity contribution in [2.24, 2.45) is 18.0 Å². The number of aliphatic imine (C=N–C) groups is 1. The van der Waals surface area contributed by atoms with Gasteiger partial charge in [-0.15, -0.1) is 10.2 Å². The predicted molar refractivity (Wildman–Crippen MR) is 77.5 cm³/mol. The number of aryl methyl sites for hydroxylation is 1. The highest BCUT2D eigenvalue weighted by atomic mass is 16.5. The summed E-state index contributed by atoms with van der Waals surface area (Å²) >= 11 is 0. The maximum Gasteiger partial charge on any atom is 0.191 e. The molecule has 0 bridgehead atoms. The van der Waals surface area contributed by atoms with Gasteiger partial charge in [0.1, 0.15) is 5.82 Å². The molecular formula is C13H24N6O. The van der Waals surface area contributed by atoms with Crippen molar-refractivity contribution in [3.63, 3.8) is 0 Å². The first-order valence-electron chi connectivity index (χ1n) is 6.96. The third kappa shape index (κ3) is 3.69. The molecule has 7 nitrogen and oxygen atoms in total. The molecule has 20 heavy (non-hydrogen) atoms. The van der Waals surface area contributed by atoms with Crippen molar-refractivity contribution >= 4 is 5.96 Å². The summed E-state index contributed by atoms with van der Waals surface area (Å²) in [4.78, 5) is 4.25. The van der Waals surface area contributed by atoms with Crippen LogP contribution < -0.4 is 10.6 Å². The monoisotopic (exact) mass is 280 g/mol. The predicted octanol–water partition coefficient (Wildman–Crippen LogP) is 0.214. The van der Waals surface area contributed by atoms with Crippen LogP contribution >= 0.6 is 0 Å². The van der Waals surface area contributed by atoms with Crippen LogP contribution in [0.1, 0.15) is 24.5 Å². The summed E-state index contributed by atoms with van der Waals surface area (Å²) in [5.41, 5.74) is 0. The van der Waals surface area contributed by atoms with E-state index in [1.165, 1.54) is 12.8 Å². The maximum absolute atomic E-state index is 5.26. The van der Waals surface area contributed by atoms with E-state index in [0.29, 0.717) is 25.1 Å². The summed E-state index contributed by atoms with van der Waals surface area (Å²) in [5, 5.41) is 14.9. The number of methoxy groups -OCH3 is 1. The number of ether oxygens (including phenoxy) is 1. The molecule has 0 spiro atoms. The van der Waals surface area contributed by atoms with Crippen LogP contribution in [0.4, 0.5) is 0 Å². The molecule has 1 atom stereocenters. The van der Waals surface area contributed by atoms with Gasteiger partial charge in [-0.3, -0.25) is 4.99 Å². The molecule has 0 radical (unpaired) electrons. The topological polar surface area (TPSA) is 76.4 Å². The minimum absolute atomic E-state index is 0.326. The van der Waals surface area contributed by atoms with E-state index in [1.807, 2.05) is 18.5 Å². The lowest BCUT2D eigenvalue weighted by molar-refractivity contribution is 0.165. The van der Waals surface area contributed by atoms with E-state index in [0.717, 1.165) is 17.6 Å². The van der Waals surface area contributed by atoms with Crippen LogP contribution in [0.3, 0.4) is 0 Å². The first-order valence-corrected chi connectivity index (χ1v) is 6.96. The van der Waals surface area contributed by atoms with Crippen molar-refractivity contribution in [2.45, 2.75) is 32.4 Å². The molecule has 0 aromatic carbocycles. The minimum Gasteiger partial charge on any atom is -0.383 e. The van der Waals surface area contributed by atoms with Gasteiger partial charge in [-0.05, 0) is 25.7 Å². The Bertz CT molecular complexity index is 465. The zero-order valence-corrected chi connectivity index (χ0v) is 12.7. The fourth-order valence-electron chi connectivity index (χ4n) is 2.11. The van der Waals surface area contributed by atoms with Crippen molar-refractivity contribution < 1.29 is 4.74 Å². The Labute approximate surface area is 119 Å². The summed E-state index contributed by atoms with van der Waals surface area (Å²) in [7, 11) is 5.46. The molecule has 1 aromatic rings. The number of aromatic nitrogens is 3. The van der Waals surface area contributed by atoms with Crippen LogP contribution in [0.2, 0.25) is 0 Å². The Morgan fingerprint density at radius 2 is 2.25 bits per heavy atom. The van der Waals surface area contributed by atoms with Crippen molar-refractivity contribution in [3.05, 3.63) is 11.6 Å². The van der Waals surface area contributed by atoms with Crippen LogP contribution in [0.15, 0.2) is 4.99 Å². The van der Waals surface area contributed by atoms with Crippen LogP contribution in [-0.4, -0.2) is 47.5 Å². The lowest BCUT2D eigenvalue weighted by Crippen LogP contribution is -2.46. The number of hydrogen-bond acceptors (Lipinski definition) is 4. The number of guanidine groups is 1. The third-order valence-electron chi connectivity index (χ3n) is 3.68. The fraction of sp³-hybridized carbons (Fsp3) is 0.769. The molecule has 0 amide bonds. The molecular weight excluding hydrogens is 256 g/mol. The van der Waals surface area contributed by atoms with Gasteiger partial charge in [0.05, 0.1) is 19.2 Å². The second-order valence-corrected chi connectivity index (χ2v) is 5.19. The van der Waals surface area contributed by atoms with Gasteiger partial charge in [0.2, 0.25) is 0 Å². The lowest BCUT2D eigenvalue weighted by atomic mass is 10.2. The van der Waals surface area contributed by atoms with Gasteiger partial charge >= 0.3 is 0 Å². The molecule has 2 rings (SSSR count). The van der Waals surface area contributed by atoms with E-state index in [2.05, 4.69) is 25.8 Å². The third-order valence-corrected chi connectivity index (χ3v) is 3.68. The number of nitrogens with zero attached hydrogens (tertiary/aromatic N) is 4. The molecule has 1 aliphatic carbocycles. The summed E-state index contributed by atoms with van der Waals surface area (Å²) in [6, 6.07) is 0.326. The Balaban J connectivity index is 1.87. The zero-order chi connectivity index (χ0) is 14.5. The molecule has 1 aromatic heterocycles. The average Bonchev–Trinajstić information content (AvgIpc) is 3.23. The Morgan fingerprint density at radius 3 is 2.75 bits per heavy atom. The summed E-state index contributed by atoms with van der Waals surface area (Å²) in [6.45, 7) is 3.24. The molecule has 0 aliphatic heterocycles. The average molecular weight is 280 g/mol. The van der Waals surface area contributed by atoms with E-state index in [-0.39, 0.29) is 0 Å². The van der Waals surface area contributed by atoms with E-state index < -0.39 is 0 Å². The first kappa shape index (κ1) is 14.8. The number of hydrogen-bond donors (Lipinski definition) is 2. The molecule has 0 saturated heterocycles. The van der Waals surface area contributed by atoms with Crippen LogP contribution in [0.25, 0.3) is 0 Å². The zero-order valence-electron chi connectivity index (χ0n) is 12.7. The molecule has 1 fully saturated rings. The molecule has 1 unspecified atom stereocenters. The Kier molecular flexibility index (Phi) is 4.94. The van der Waals surface area contributed by atoms with E-state index in [1.54, 1.807) is 14.2 Å². The van der Waals surface area contributed by atoms with Gasteiger partial charge in [0, 0.05) is 21.2 Å². The second kappa shape index (κ2) is 6.69. The first-order chi connectivity index (χ1) is 9.65. The van der Waals surface area contributed by atoms with Gasteiger partial charge in [-0.2, -0.15) is 0 Å². The lowest BCUT2D eigenvalue weighted by Gasteiger charge is -2.20. The number of rotatable bonds is 6. The summed E-state index contributed by atoms with van der Waals surface area (Å²) < 4.78 is 7.23. The van der Waals surface area contributed by atoms with Crippen molar-refractivity contribution in [1.29, 1.82) is 0 Å². The van der Waals surface area contributed by atoms with E-state index in [9.17, 15) is 0 Å². The molecule has 7 heteroatoms. The smallest absolute Gasteiger partial charge is 0.191 e. The SMILES string of the molecule is CN=C(NCc1nnc(C)n1C)NC(COC)C1CC1. The molecule has 2 N–H and O–H groups in total. The van der Waals surface area contributed by atoms with Crippen molar-refractivity contribution in [1.82, 2.24) is 25.4 Å². The number of nitrogens with one attached hydrogen (secondary N) is 2. The van der Waals surface area contributed by atoms with E-state index in [4.69, 9.17) is 4.74 Å². The van der Waals surface area contributed by atoms with Crippen LogP contribution in [-0.2, 0) is 18.3 Å². The fourth-order valence-corrected chi connectivity index (χ4v) is 2.11. The van der Waals surface area contributed by atoms with Crippen LogP contribution in [0.5, 0.6) is 0 Å². The molecule has 112 valence electrons. The summed E-state index contributed by atoms with van der Waals surface area (Å²) in [5.74, 6) is 3.27. The largest absolute Gasteiger partial charge is 0.383 e. The van der Waals surface area contributed by atoms with Gasteiger partial charge in [-0.25, -0.2) is 0 Å². The van der Waals surface area contributed by atoms with Crippen molar-refractivity contribution in [3.8, 4) is 0 Å². The van der Waals surface area contributed by atoms with Gasteiger partial charge < -0.3 is 19.9 Å².